The third-order valence-electron chi connectivity index (χ3n) is 2.73. The number of hydrogen-bond acceptors (Lipinski definition) is 2. The molecular formula is C13H18ClF3N2O. The van der Waals surface area contributed by atoms with Crippen LogP contribution in [-0.4, -0.2) is 18.5 Å². The number of halogens is 4. The molecule has 7 heteroatoms. The van der Waals surface area contributed by atoms with Gasteiger partial charge in [-0.05, 0) is 25.5 Å². The van der Waals surface area contributed by atoms with Crippen LogP contribution in [0.1, 0.15) is 25.8 Å². The summed E-state index contributed by atoms with van der Waals surface area (Å²) >= 11 is 0. The standard InChI is InChI=1S/C13H17F3N2O.ClH/c1-3-9(2)17-8-12(19)18-11-7-5-4-6-10(11)13(14,15)16;/h4-7,9,17H,3,8H2,1-2H3,(H,18,19);1H. The first-order chi connectivity index (χ1) is 8.84. The first-order valence-electron chi connectivity index (χ1n) is 6.04. The topological polar surface area (TPSA) is 41.1 Å². The Balaban J connectivity index is 0.00000361. The number of hydrogen-bond donors (Lipinski definition) is 2. The molecule has 1 aromatic rings. The molecule has 0 aromatic heterocycles. The van der Waals surface area contributed by atoms with E-state index in [9.17, 15) is 18.0 Å². The molecule has 0 bridgehead atoms. The van der Waals surface area contributed by atoms with Crippen LogP contribution in [0.25, 0.3) is 0 Å². The van der Waals surface area contributed by atoms with Gasteiger partial charge in [0.25, 0.3) is 0 Å². The van der Waals surface area contributed by atoms with Crippen molar-refractivity contribution in [1.29, 1.82) is 0 Å². The minimum atomic E-state index is -4.48. The minimum absolute atomic E-state index is 0. The Kier molecular flexibility index (Phi) is 7.60. The number of rotatable bonds is 5. The van der Waals surface area contributed by atoms with Crippen LogP contribution in [0.3, 0.4) is 0 Å². The Bertz CT molecular complexity index is 438. The zero-order valence-corrected chi connectivity index (χ0v) is 12.1. The summed E-state index contributed by atoms with van der Waals surface area (Å²) in [7, 11) is 0. The number of carbonyl (C=O) groups is 1. The molecule has 1 unspecified atom stereocenters. The van der Waals surface area contributed by atoms with E-state index >= 15 is 0 Å². The van der Waals surface area contributed by atoms with Crippen molar-refractivity contribution in [2.45, 2.75) is 32.5 Å². The predicted molar refractivity (Wildman–Crippen MR) is 75.1 cm³/mol. The van der Waals surface area contributed by atoms with Crippen LogP contribution in [0.4, 0.5) is 18.9 Å². The minimum Gasteiger partial charge on any atom is -0.324 e. The number of anilines is 1. The van der Waals surface area contributed by atoms with Crippen molar-refractivity contribution >= 4 is 24.0 Å². The fourth-order valence-electron chi connectivity index (χ4n) is 1.44. The van der Waals surface area contributed by atoms with Crippen LogP contribution in [0.5, 0.6) is 0 Å². The van der Waals surface area contributed by atoms with Crippen molar-refractivity contribution in [1.82, 2.24) is 5.32 Å². The van der Waals surface area contributed by atoms with Crippen LogP contribution in [0.2, 0.25) is 0 Å². The van der Waals surface area contributed by atoms with Gasteiger partial charge in [0.05, 0.1) is 17.8 Å². The van der Waals surface area contributed by atoms with E-state index in [-0.39, 0.29) is 30.7 Å². The van der Waals surface area contributed by atoms with E-state index in [2.05, 4.69) is 10.6 Å². The zero-order chi connectivity index (χ0) is 14.5. The lowest BCUT2D eigenvalue weighted by atomic mass is 10.1. The normalized spacial score (nSPS) is 12.4. The van der Waals surface area contributed by atoms with E-state index in [1.807, 2.05) is 13.8 Å². The third kappa shape index (κ3) is 5.79. The Hall–Kier alpha value is -1.27. The van der Waals surface area contributed by atoms with Gasteiger partial charge in [-0.1, -0.05) is 19.1 Å². The summed E-state index contributed by atoms with van der Waals surface area (Å²) in [5.41, 5.74) is -1.06. The molecule has 3 nitrogen and oxygen atoms in total. The van der Waals surface area contributed by atoms with E-state index in [0.717, 1.165) is 12.5 Å². The van der Waals surface area contributed by atoms with Crippen LogP contribution < -0.4 is 10.6 Å². The van der Waals surface area contributed by atoms with Crippen molar-refractivity contribution in [2.75, 3.05) is 11.9 Å². The average molecular weight is 311 g/mol. The lowest BCUT2D eigenvalue weighted by Gasteiger charge is -2.15. The Labute approximate surface area is 122 Å². The highest BCUT2D eigenvalue weighted by Gasteiger charge is 2.33. The highest BCUT2D eigenvalue weighted by molar-refractivity contribution is 5.93. The van der Waals surface area contributed by atoms with Gasteiger partial charge in [-0.15, -0.1) is 12.4 Å². The van der Waals surface area contributed by atoms with Gasteiger partial charge >= 0.3 is 6.18 Å². The second-order valence-corrected chi connectivity index (χ2v) is 4.28. The highest BCUT2D eigenvalue weighted by Crippen LogP contribution is 2.34. The van der Waals surface area contributed by atoms with Gasteiger partial charge in [-0.3, -0.25) is 4.79 Å². The van der Waals surface area contributed by atoms with Gasteiger partial charge in [-0.2, -0.15) is 13.2 Å². The van der Waals surface area contributed by atoms with Gasteiger partial charge in [0.1, 0.15) is 0 Å². The maximum absolute atomic E-state index is 12.7. The van der Waals surface area contributed by atoms with Crippen molar-refractivity contribution in [3.63, 3.8) is 0 Å². The fourth-order valence-corrected chi connectivity index (χ4v) is 1.44. The molecule has 0 spiro atoms. The van der Waals surface area contributed by atoms with E-state index in [0.29, 0.717) is 0 Å². The first kappa shape index (κ1) is 18.7. The second kappa shape index (κ2) is 8.11. The molecule has 0 aliphatic rings. The van der Waals surface area contributed by atoms with Crippen molar-refractivity contribution < 1.29 is 18.0 Å². The van der Waals surface area contributed by atoms with Crippen LogP contribution in [0.15, 0.2) is 24.3 Å². The van der Waals surface area contributed by atoms with Crippen molar-refractivity contribution in [3.05, 3.63) is 29.8 Å². The highest BCUT2D eigenvalue weighted by atomic mass is 35.5. The molecule has 1 atom stereocenters. The van der Waals surface area contributed by atoms with Crippen LogP contribution in [0, 0.1) is 0 Å². The maximum atomic E-state index is 12.7. The second-order valence-electron chi connectivity index (χ2n) is 4.28. The lowest BCUT2D eigenvalue weighted by molar-refractivity contribution is -0.137. The molecule has 1 amide bonds. The summed E-state index contributed by atoms with van der Waals surface area (Å²) in [5.74, 6) is -0.489. The number of benzene rings is 1. The average Bonchev–Trinajstić information content (AvgIpc) is 2.35. The van der Waals surface area contributed by atoms with Gasteiger partial charge in [0.15, 0.2) is 0 Å². The summed E-state index contributed by atoms with van der Waals surface area (Å²) in [6, 6.07) is 5.06. The maximum Gasteiger partial charge on any atom is 0.418 e. The number of alkyl halides is 3. The molecule has 0 saturated carbocycles. The molecule has 0 heterocycles. The fraction of sp³-hybridized carbons (Fsp3) is 0.462. The molecule has 0 aliphatic carbocycles. The molecule has 20 heavy (non-hydrogen) atoms. The monoisotopic (exact) mass is 310 g/mol. The molecular weight excluding hydrogens is 293 g/mol. The summed E-state index contributed by atoms with van der Waals surface area (Å²) in [5, 5.41) is 5.19. The molecule has 0 radical (unpaired) electrons. The largest absolute Gasteiger partial charge is 0.418 e. The van der Waals surface area contributed by atoms with E-state index in [1.165, 1.54) is 18.2 Å². The number of para-hydroxylation sites is 1. The lowest BCUT2D eigenvalue weighted by Crippen LogP contribution is -2.34. The zero-order valence-electron chi connectivity index (χ0n) is 11.3. The molecule has 0 fully saturated rings. The van der Waals surface area contributed by atoms with Crippen molar-refractivity contribution in [2.24, 2.45) is 0 Å². The van der Waals surface area contributed by atoms with Gasteiger partial charge in [0.2, 0.25) is 5.91 Å². The van der Waals surface area contributed by atoms with Gasteiger partial charge in [-0.25, -0.2) is 0 Å². The quantitative estimate of drug-likeness (QED) is 0.874. The summed E-state index contributed by atoms with van der Waals surface area (Å²) in [4.78, 5) is 11.6. The summed E-state index contributed by atoms with van der Waals surface area (Å²) in [6.07, 6.45) is -3.64. The van der Waals surface area contributed by atoms with Gasteiger partial charge < -0.3 is 10.6 Å². The number of carbonyl (C=O) groups excluding carboxylic acids is 1. The number of amides is 1. The molecule has 0 saturated heterocycles. The van der Waals surface area contributed by atoms with Gasteiger partial charge in [0, 0.05) is 6.04 Å². The number of nitrogens with one attached hydrogen (secondary N) is 2. The van der Waals surface area contributed by atoms with E-state index < -0.39 is 17.6 Å². The molecule has 2 N–H and O–H groups in total. The SMILES string of the molecule is CCC(C)NCC(=O)Nc1ccccc1C(F)(F)F.Cl. The molecule has 0 aliphatic heterocycles. The molecule has 1 aromatic carbocycles. The Morgan fingerprint density at radius 1 is 1.30 bits per heavy atom. The van der Waals surface area contributed by atoms with Crippen molar-refractivity contribution in [3.8, 4) is 0 Å². The van der Waals surface area contributed by atoms with E-state index in [1.54, 1.807) is 0 Å². The molecule has 1 rings (SSSR count). The Morgan fingerprint density at radius 2 is 1.90 bits per heavy atom. The summed E-state index contributed by atoms with van der Waals surface area (Å²) < 4.78 is 38.1. The smallest absolute Gasteiger partial charge is 0.324 e. The Morgan fingerprint density at radius 3 is 2.45 bits per heavy atom. The van der Waals surface area contributed by atoms with E-state index in [4.69, 9.17) is 0 Å². The predicted octanol–water partition coefficient (Wildman–Crippen LogP) is 3.45. The van der Waals surface area contributed by atoms with Crippen LogP contribution >= 0.6 is 12.4 Å². The van der Waals surface area contributed by atoms with Crippen LogP contribution in [-0.2, 0) is 11.0 Å². The first-order valence-corrected chi connectivity index (χ1v) is 6.04. The summed E-state index contributed by atoms with van der Waals surface area (Å²) in [6.45, 7) is 3.84. The third-order valence-corrected chi connectivity index (χ3v) is 2.73. The molecule has 114 valence electrons.